The number of carbonyl (C=O) groups is 1. The Hall–Kier alpha value is -2.60. The van der Waals surface area contributed by atoms with Gasteiger partial charge in [-0.15, -0.1) is 0 Å². The first-order valence-corrected chi connectivity index (χ1v) is 8.08. The van der Waals surface area contributed by atoms with Crippen LogP contribution in [0.3, 0.4) is 0 Å². The van der Waals surface area contributed by atoms with E-state index < -0.39 is 0 Å². The quantitative estimate of drug-likeness (QED) is 0.318. The maximum Gasteiger partial charge on any atom is 0.336 e. The summed E-state index contributed by atoms with van der Waals surface area (Å²) in [6, 6.07) is 8.52. The van der Waals surface area contributed by atoms with E-state index >= 15 is 0 Å². The molecule has 0 atom stereocenters. The fourth-order valence-electron chi connectivity index (χ4n) is 2.16. The van der Waals surface area contributed by atoms with Crippen molar-refractivity contribution in [2.75, 3.05) is 40.4 Å². The van der Waals surface area contributed by atoms with Gasteiger partial charge in [0.1, 0.15) is 37.6 Å². The summed E-state index contributed by atoms with van der Waals surface area (Å²) in [4.78, 5) is 22.7. The van der Waals surface area contributed by atoms with Gasteiger partial charge in [0.05, 0.1) is 14.1 Å². The highest BCUT2D eigenvalue weighted by Gasteiger charge is 2.16. The molecule has 1 heterocycles. The van der Waals surface area contributed by atoms with Crippen LogP contribution in [0.2, 0.25) is 0 Å². The molecule has 0 saturated carbocycles. The van der Waals surface area contributed by atoms with E-state index in [1.54, 1.807) is 19.1 Å². The summed E-state index contributed by atoms with van der Waals surface area (Å²) < 4.78 is 16.7. The Morgan fingerprint density at radius 3 is 2.56 bits per heavy atom. The molecule has 0 aliphatic rings. The fourth-order valence-corrected chi connectivity index (χ4v) is 2.16. The lowest BCUT2D eigenvalue weighted by Crippen LogP contribution is -2.45. The van der Waals surface area contributed by atoms with Gasteiger partial charge >= 0.3 is 11.6 Å². The molecule has 0 amide bonds. The zero-order valence-electron chi connectivity index (χ0n) is 14.9. The number of benzene rings is 1. The van der Waals surface area contributed by atoms with Crippen molar-refractivity contribution in [1.29, 1.82) is 0 Å². The Morgan fingerprint density at radius 2 is 1.84 bits per heavy atom. The van der Waals surface area contributed by atoms with Crippen LogP contribution in [0.15, 0.2) is 51.7 Å². The van der Waals surface area contributed by atoms with Crippen LogP contribution in [0.25, 0.3) is 11.0 Å². The molecule has 0 unspecified atom stereocenters. The molecular weight excluding hydrogens is 322 g/mol. The van der Waals surface area contributed by atoms with Gasteiger partial charge in [0, 0.05) is 23.1 Å². The summed E-state index contributed by atoms with van der Waals surface area (Å²) in [6.45, 7) is 7.42. The van der Waals surface area contributed by atoms with Crippen molar-refractivity contribution in [3.05, 3.63) is 52.9 Å². The standard InChI is InChI=1S/C19H24NO5/c1-14(2)19(22)24-12-10-20(3,4)9-11-23-16-7-5-15-6-8-18(21)25-17(15)13-16/h5-8,13H,1,9-12H2,2-4H3/q+1. The number of rotatable bonds is 8. The second-order valence-electron chi connectivity index (χ2n) is 6.60. The van der Waals surface area contributed by atoms with E-state index in [1.165, 1.54) is 6.07 Å². The average molecular weight is 346 g/mol. The molecule has 6 nitrogen and oxygen atoms in total. The SMILES string of the molecule is C=C(C)C(=O)OCC[N+](C)(C)CCOc1ccc2ccc(=O)oc2c1. The largest absolute Gasteiger partial charge is 0.488 e. The molecule has 0 saturated heterocycles. The summed E-state index contributed by atoms with van der Waals surface area (Å²) >= 11 is 0. The zero-order valence-corrected chi connectivity index (χ0v) is 14.9. The summed E-state index contributed by atoms with van der Waals surface area (Å²) in [7, 11) is 4.08. The first-order chi connectivity index (χ1) is 11.8. The van der Waals surface area contributed by atoms with Crippen molar-refractivity contribution >= 4 is 16.9 Å². The van der Waals surface area contributed by atoms with Crippen LogP contribution in [0, 0.1) is 0 Å². The number of likely N-dealkylation sites (N-methyl/N-ethyl adjacent to an activating group) is 1. The lowest BCUT2D eigenvalue weighted by atomic mass is 10.2. The number of nitrogens with zero attached hydrogens (tertiary/aromatic N) is 1. The molecule has 1 aromatic heterocycles. The monoisotopic (exact) mass is 346 g/mol. The average Bonchev–Trinajstić information content (AvgIpc) is 2.53. The number of ether oxygens (including phenoxy) is 2. The molecule has 0 radical (unpaired) electrons. The van der Waals surface area contributed by atoms with Crippen molar-refractivity contribution in [1.82, 2.24) is 0 Å². The molecule has 25 heavy (non-hydrogen) atoms. The molecule has 0 aliphatic heterocycles. The molecule has 0 N–H and O–H groups in total. The first-order valence-electron chi connectivity index (χ1n) is 8.08. The van der Waals surface area contributed by atoms with Gasteiger partial charge < -0.3 is 18.4 Å². The summed E-state index contributed by atoms with van der Waals surface area (Å²) in [5.41, 5.74) is 0.522. The second-order valence-corrected chi connectivity index (χ2v) is 6.60. The highest BCUT2D eigenvalue weighted by atomic mass is 16.5. The third-order valence-corrected chi connectivity index (χ3v) is 3.84. The molecule has 2 aromatic rings. The highest BCUT2D eigenvalue weighted by molar-refractivity contribution is 5.86. The second kappa shape index (κ2) is 7.98. The number of carbonyl (C=O) groups excluding carboxylic acids is 1. The van der Waals surface area contributed by atoms with E-state index in [0.717, 1.165) is 11.9 Å². The van der Waals surface area contributed by atoms with Gasteiger partial charge in [-0.25, -0.2) is 9.59 Å². The molecule has 2 rings (SSSR count). The minimum absolute atomic E-state index is 0.333. The Kier molecular flexibility index (Phi) is 5.98. The third kappa shape index (κ3) is 5.76. The van der Waals surface area contributed by atoms with Gasteiger partial charge in [-0.3, -0.25) is 0 Å². The van der Waals surface area contributed by atoms with E-state index in [4.69, 9.17) is 13.9 Å². The van der Waals surface area contributed by atoms with Crippen LogP contribution in [0.5, 0.6) is 5.75 Å². The minimum Gasteiger partial charge on any atom is -0.488 e. The normalized spacial score (nSPS) is 11.3. The van der Waals surface area contributed by atoms with Crippen LogP contribution >= 0.6 is 0 Å². The van der Waals surface area contributed by atoms with Gasteiger partial charge in [0.25, 0.3) is 0 Å². The van der Waals surface area contributed by atoms with Gasteiger partial charge in [0.2, 0.25) is 0 Å². The Morgan fingerprint density at radius 1 is 1.16 bits per heavy atom. The van der Waals surface area contributed by atoms with E-state index in [9.17, 15) is 9.59 Å². The number of esters is 1. The lowest BCUT2D eigenvalue weighted by molar-refractivity contribution is -0.890. The first kappa shape index (κ1) is 18.7. The molecule has 0 spiro atoms. The van der Waals surface area contributed by atoms with Crippen LogP contribution in [0.4, 0.5) is 0 Å². The van der Waals surface area contributed by atoms with Crippen LogP contribution in [0.1, 0.15) is 6.92 Å². The fraction of sp³-hybridized carbons (Fsp3) is 0.368. The topological polar surface area (TPSA) is 65.7 Å². The number of hydrogen-bond acceptors (Lipinski definition) is 5. The van der Waals surface area contributed by atoms with E-state index in [-0.39, 0.29) is 11.6 Å². The Labute approximate surface area is 146 Å². The Bertz CT molecular complexity index is 822. The molecule has 1 aromatic carbocycles. The molecule has 0 fully saturated rings. The number of fused-ring (bicyclic) bond motifs is 1. The molecular formula is C19H24NO5+. The van der Waals surface area contributed by atoms with Gasteiger partial charge in [-0.05, 0) is 25.1 Å². The van der Waals surface area contributed by atoms with Gasteiger partial charge in [-0.1, -0.05) is 6.58 Å². The molecule has 134 valence electrons. The molecule has 0 aliphatic carbocycles. The van der Waals surface area contributed by atoms with Crippen molar-refractivity contribution in [2.45, 2.75) is 6.92 Å². The van der Waals surface area contributed by atoms with Crippen LogP contribution < -0.4 is 10.4 Å². The number of quaternary nitrogens is 1. The summed E-state index contributed by atoms with van der Waals surface area (Å²) in [5, 5.41) is 0.849. The predicted molar refractivity (Wildman–Crippen MR) is 95.6 cm³/mol. The lowest BCUT2D eigenvalue weighted by Gasteiger charge is -2.29. The van der Waals surface area contributed by atoms with Gasteiger partial charge in [0.15, 0.2) is 0 Å². The van der Waals surface area contributed by atoms with Crippen molar-refractivity contribution in [3.63, 3.8) is 0 Å². The van der Waals surface area contributed by atoms with E-state index in [0.29, 0.717) is 41.1 Å². The van der Waals surface area contributed by atoms with Crippen LogP contribution in [-0.2, 0) is 9.53 Å². The maximum absolute atomic E-state index is 11.4. The maximum atomic E-state index is 11.4. The summed E-state index contributed by atoms with van der Waals surface area (Å²) in [5.74, 6) is 0.282. The van der Waals surface area contributed by atoms with Crippen LogP contribution in [-0.4, -0.2) is 50.9 Å². The van der Waals surface area contributed by atoms with Crippen molar-refractivity contribution < 1.29 is 23.2 Å². The third-order valence-electron chi connectivity index (χ3n) is 3.84. The zero-order chi connectivity index (χ0) is 18.4. The predicted octanol–water partition coefficient (Wildman–Crippen LogP) is 2.37. The number of hydrogen-bond donors (Lipinski definition) is 0. The smallest absolute Gasteiger partial charge is 0.336 e. The van der Waals surface area contributed by atoms with E-state index in [1.807, 2.05) is 26.2 Å². The summed E-state index contributed by atoms with van der Waals surface area (Å²) in [6.07, 6.45) is 0. The highest BCUT2D eigenvalue weighted by Crippen LogP contribution is 2.19. The molecule has 0 bridgehead atoms. The molecule has 6 heteroatoms. The minimum atomic E-state index is -0.383. The van der Waals surface area contributed by atoms with Crippen molar-refractivity contribution in [2.24, 2.45) is 0 Å². The Balaban J connectivity index is 1.83. The van der Waals surface area contributed by atoms with E-state index in [2.05, 4.69) is 6.58 Å². The van der Waals surface area contributed by atoms with Gasteiger partial charge in [-0.2, -0.15) is 0 Å². The van der Waals surface area contributed by atoms with Crippen molar-refractivity contribution in [3.8, 4) is 5.75 Å².